The molecule has 1 aliphatic rings. The lowest BCUT2D eigenvalue weighted by Gasteiger charge is -2.40. The standard InChI is InChI=1S/C28H25ClN2O2S/c1-3-30(21-14-12-20(29)13-15-21)27(32)23-16-18(2)31(24-10-6-5-9-22(23)24)28(33)26-17-19-8-4-7-11-25(19)34-26/h4-15,17-18,23H,3,16H2,1-2H3. The molecule has 2 heterocycles. The largest absolute Gasteiger partial charge is 0.312 e. The van der Waals surface area contributed by atoms with Gasteiger partial charge in [-0.15, -0.1) is 11.3 Å². The van der Waals surface area contributed by atoms with Gasteiger partial charge < -0.3 is 9.80 Å². The highest BCUT2D eigenvalue weighted by Gasteiger charge is 2.39. The Balaban J connectivity index is 1.50. The van der Waals surface area contributed by atoms with E-state index in [1.165, 1.54) is 11.3 Å². The quantitative estimate of drug-likeness (QED) is 0.306. The van der Waals surface area contributed by atoms with Crippen LogP contribution in [0.25, 0.3) is 10.1 Å². The molecular formula is C28H25ClN2O2S. The number of thiophene rings is 1. The van der Waals surface area contributed by atoms with Gasteiger partial charge in [0.2, 0.25) is 5.91 Å². The average molecular weight is 489 g/mol. The molecule has 2 unspecified atom stereocenters. The fourth-order valence-corrected chi connectivity index (χ4v) is 5.96. The van der Waals surface area contributed by atoms with Crippen molar-refractivity contribution in [3.63, 3.8) is 0 Å². The number of amides is 2. The van der Waals surface area contributed by atoms with Crippen molar-refractivity contribution in [1.82, 2.24) is 0 Å². The number of anilines is 2. The summed E-state index contributed by atoms with van der Waals surface area (Å²) in [6, 6.07) is 25.0. The van der Waals surface area contributed by atoms with Gasteiger partial charge in [0.1, 0.15) is 0 Å². The molecule has 0 bridgehead atoms. The third-order valence-corrected chi connectivity index (χ3v) is 7.82. The number of rotatable bonds is 4. The first-order valence-electron chi connectivity index (χ1n) is 11.5. The molecule has 4 nitrogen and oxygen atoms in total. The summed E-state index contributed by atoms with van der Waals surface area (Å²) in [6.45, 7) is 4.56. The maximum absolute atomic E-state index is 13.8. The van der Waals surface area contributed by atoms with Crippen LogP contribution in [-0.4, -0.2) is 24.4 Å². The van der Waals surface area contributed by atoms with Gasteiger partial charge in [0.15, 0.2) is 0 Å². The van der Waals surface area contributed by atoms with E-state index in [9.17, 15) is 9.59 Å². The zero-order chi connectivity index (χ0) is 23.8. The maximum atomic E-state index is 13.8. The molecule has 172 valence electrons. The molecule has 1 aromatic heterocycles. The first-order valence-corrected chi connectivity index (χ1v) is 12.7. The second-order valence-corrected chi connectivity index (χ2v) is 10.1. The van der Waals surface area contributed by atoms with Crippen molar-refractivity contribution < 1.29 is 9.59 Å². The van der Waals surface area contributed by atoms with Crippen LogP contribution < -0.4 is 9.80 Å². The SMILES string of the molecule is CCN(C(=O)C1CC(C)N(C(=O)c2cc3ccccc3s2)c2ccccc21)c1ccc(Cl)cc1. The number of likely N-dealkylation sites (N-methyl/N-ethyl adjacent to an activating group) is 1. The minimum Gasteiger partial charge on any atom is -0.312 e. The maximum Gasteiger partial charge on any atom is 0.268 e. The van der Waals surface area contributed by atoms with Crippen LogP contribution in [0.4, 0.5) is 11.4 Å². The van der Waals surface area contributed by atoms with E-state index in [0.29, 0.717) is 22.9 Å². The monoisotopic (exact) mass is 488 g/mol. The number of halogens is 1. The van der Waals surface area contributed by atoms with Crippen LogP contribution in [0.1, 0.15) is 41.4 Å². The predicted octanol–water partition coefficient (Wildman–Crippen LogP) is 7.13. The number of benzene rings is 3. The Bertz CT molecular complexity index is 1330. The first kappa shape index (κ1) is 22.6. The van der Waals surface area contributed by atoms with Gasteiger partial charge >= 0.3 is 0 Å². The van der Waals surface area contributed by atoms with Crippen molar-refractivity contribution in [3.05, 3.63) is 94.3 Å². The Morgan fingerprint density at radius 2 is 1.74 bits per heavy atom. The van der Waals surface area contributed by atoms with Gasteiger partial charge in [-0.05, 0) is 73.7 Å². The molecule has 34 heavy (non-hydrogen) atoms. The van der Waals surface area contributed by atoms with Gasteiger partial charge in [-0.3, -0.25) is 9.59 Å². The number of fused-ring (bicyclic) bond motifs is 2. The fraction of sp³-hybridized carbons (Fsp3) is 0.214. The molecule has 0 saturated heterocycles. The van der Waals surface area contributed by atoms with Gasteiger partial charge in [0.25, 0.3) is 5.91 Å². The Hall–Kier alpha value is -3.15. The molecule has 0 fully saturated rings. The highest BCUT2D eigenvalue weighted by Crippen LogP contribution is 2.41. The van der Waals surface area contributed by atoms with E-state index in [2.05, 4.69) is 0 Å². The van der Waals surface area contributed by atoms with Gasteiger partial charge in [-0.2, -0.15) is 0 Å². The minimum atomic E-state index is -0.326. The molecule has 4 aromatic rings. The summed E-state index contributed by atoms with van der Waals surface area (Å²) in [4.78, 5) is 31.8. The summed E-state index contributed by atoms with van der Waals surface area (Å²) in [5.41, 5.74) is 2.53. The lowest BCUT2D eigenvalue weighted by atomic mass is 9.84. The molecule has 2 atom stereocenters. The minimum absolute atomic E-state index is 0.0166. The Kier molecular flexibility index (Phi) is 6.15. The van der Waals surface area contributed by atoms with Crippen molar-refractivity contribution in [1.29, 1.82) is 0 Å². The topological polar surface area (TPSA) is 40.6 Å². The van der Waals surface area contributed by atoms with Crippen molar-refractivity contribution in [2.24, 2.45) is 0 Å². The van der Waals surface area contributed by atoms with E-state index in [1.807, 2.05) is 85.5 Å². The third-order valence-electron chi connectivity index (χ3n) is 6.46. The van der Waals surface area contributed by atoms with Crippen LogP contribution in [-0.2, 0) is 4.79 Å². The molecule has 0 radical (unpaired) electrons. The molecule has 0 spiro atoms. The van der Waals surface area contributed by atoms with Crippen LogP contribution >= 0.6 is 22.9 Å². The second-order valence-electron chi connectivity index (χ2n) is 8.58. The number of hydrogen-bond donors (Lipinski definition) is 0. The van der Waals surface area contributed by atoms with Gasteiger partial charge in [-0.25, -0.2) is 0 Å². The molecule has 3 aromatic carbocycles. The Labute approximate surface area is 208 Å². The molecule has 6 heteroatoms. The Morgan fingerprint density at radius 3 is 2.47 bits per heavy atom. The van der Waals surface area contributed by atoms with E-state index in [-0.39, 0.29) is 23.8 Å². The van der Waals surface area contributed by atoms with Crippen molar-refractivity contribution in [2.45, 2.75) is 32.2 Å². The number of para-hydroxylation sites is 1. The summed E-state index contributed by atoms with van der Waals surface area (Å²) in [5.74, 6) is -0.302. The summed E-state index contributed by atoms with van der Waals surface area (Å²) in [7, 11) is 0. The molecule has 1 aliphatic heterocycles. The summed E-state index contributed by atoms with van der Waals surface area (Å²) in [5, 5.41) is 1.71. The highest BCUT2D eigenvalue weighted by atomic mass is 35.5. The molecule has 2 amide bonds. The number of hydrogen-bond acceptors (Lipinski definition) is 3. The van der Waals surface area contributed by atoms with Gasteiger partial charge in [0.05, 0.1) is 10.8 Å². The molecular weight excluding hydrogens is 464 g/mol. The number of carbonyl (C=O) groups is 2. The molecule has 0 saturated carbocycles. The van der Waals surface area contributed by atoms with E-state index >= 15 is 0 Å². The normalized spacial score (nSPS) is 17.4. The van der Waals surface area contributed by atoms with Crippen LogP contribution in [0, 0.1) is 0 Å². The smallest absolute Gasteiger partial charge is 0.268 e. The lowest BCUT2D eigenvalue weighted by Crippen LogP contribution is -2.46. The lowest BCUT2D eigenvalue weighted by molar-refractivity contribution is -0.120. The zero-order valence-electron chi connectivity index (χ0n) is 19.1. The van der Waals surface area contributed by atoms with Crippen molar-refractivity contribution in [3.8, 4) is 0 Å². The average Bonchev–Trinajstić information content (AvgIpc) is 3.29. The van der Waals surface area contributed by atoms with Crippen molar-refractivity contribution in [2.75, 3.05) is 16.3 Å². The van der Waals surface area contributed by atoms with Gasteiger partial charge in [0, 0.05) is 33.7 Å². The summed E-state index contributed by atoms with van der Waals surface area (Å²) in [6.07, 6.45) is 0.566. The number of carbonyl (C=O) groups excluding carboxylic acids is 2. The summed E-state index contributed by atoms with van der Waals surface area (Å²) >= 11 is 7.57. The molecule has 0 aliphatic carbocycles. The van der Waals surface area contributed by atoms with E-state index in [4.69, 9.17) is 11.6 Å². The summed E-state index contributed by atoms with van der Waals surface area (Å²) < 4.78 is 1.10. The van der Waals surface area contributed by atoms with Crippen LogP contribution in [0.15, 0.2) is 78.9 Å². The van der Waals surface area contributed by atoms with Crippen molar-refractivity contribution >= 4 is 56.2 Å². The van der Waals surface area contributed by atoms with E-state index in [1.54, 1.807) is 17.0 Å². The zero-order valence-corrected chi connectivity index (χ0v) is 20.6. The number of nitrogens with zero attached hydrogens (tertiary/aromatic N) is 2. The predicted molar refractivity (Wildman–Crippen MR) is 141 cm³/mol. The highest BCUT2D eigenvalue weighted by molar-refractivity contribution is 7.20. The van der Waals surface area contributed by atoms with Gasteiger partial charge in [-0.1, -0.05) is 48.0 Å². The Morgan fingerprint density at radius 1 is 1.03 bits per heavy atom. The first-order chi connectivity index (χ1) is 16.5. The van der Waals surface area contributed by atoms with E-state index < -0.39 is 0 Å². The van der Waals surface area contributed by atoms with Crippen LogP contribution in [0.5, 0.6) is 0 Å². The molecule has 5 rings (SSSR count). The third kappa shape index (κ3) is 3.99. The molecule has 0 N–H and O–H groups in total. The second kappa shape index (κ2) is 9.24. The van der Waals surface area contributed by atoms with Crippen LogP contribution in [0.3, 0.4) is 0 Å². The van der Waals surface area contributed by atoms with E-state index in [0.717, 1.165) is 27.0 Å². The fourth-order valence-electron chi connectivity index (χ4n) is 4.84. The van der Waals surface area contributed by atoms with Crippen LogP contribution in [0.2, 0.25) is 5.02 Å².